The summed E-state index contributed by atoms with van der Waals surface area (Å²) >= 11 is 6.12. The minimum Gasteiger partial charge on any atom is -0.349 e. The fourth-order valence-electron chi connectivity index (χ4n) is 2.87. The molecule has 0 radical (unpaired) electrons. The molecule has 1 N–H and O–H groups in total. The SMILES string of the molecule is C[C@@H](NC(=O)CCN1C(=O)c2ccccc2C1=O)c1ccccc1Cl. The molecule has 0 aliphatic carbocycles. The monoisotopic (exact) mass is 356 g/mol. The Bertz CT molecular complexity index is 815. The number of halogens is 1. The van der Waals surface area contributed by atoms with Gasteiger partial charge < -0.3 is 5.32 Å². The second-order valence-electron chi connectivity index (χ2n) is 5.87. The lowest BCUT2D eigenvalue weighted by Gasteiger charge is -2.17. The minimum absolute atomic E-state index is 0.0419. The fourth-order valence-corrected chi connectivity index (χ4v) is 3.17. The minimum atomic E-state index is -0.354. The number of nitrogens with zero attached hydrogens (tertiary/aromatic N) is 1. The van der Waals surface area contributed by atoms with E-state index in [-0.39, 0.29) is 36.7 Å². The van der Waals surface area contributed by atoms with Crippen LogP contribution in [-0.2, 0) is 4.79 Å². The van der Waals surface area contributed by atoms with E-state index in [0.717, 1.165) is 10.5 Å². The van der Waals surface area contributed by atoms with Crippen LogP contribution >= 0.6 is 11.6 Å². The Hall–Kier alpha value is -2.66. The Morgan fingerprint density at radius 3 is 2.20 bits per heavy atom. The molecule has 2 aromatic carbocycles. The second-order valence-corrected chi connectivity index (χ2v) is 6.28. The molecular weight excluding hydrogens is 340 g/mol. The number of rotatable bonds is 5. The largest absolute Gasteiger partial charge is 0.349 e. The van der Waals surface area contributed by atoms with E-state index in [2.05, 4.69) is 5.32 Å². The van der Waals surface area contributed by atoms with Crippen LogP contribution in [0, 0.1) is 0 Å². The quantitative estimate of drug-likeness (QED) is 0.836. The number of hydrogen-bond acceptors (Lipinski definition) is 3. The molecule has 1 atom stereocenters. The molecule has 0 bridgehead atoms. The van der Waals surface area contributed by atoms with Gasteiger partial charge in [0, 0.05) is 18.0 Å². The van der Waals surface area contributed by atoms with Gasteiger partial charge in [-0.2, -0.15) is 0 Å². The van der Waals surface area contributed by atoms with Crippen LogP contribution in [-0.4, -0.2) is 29.2 Å². The Labute approximate surface area is 150 Å². The number of nitrogens with one attached hydrogen (secondary N) is 1. The second kappa shape index (κ2) is 7.07. The van der Waals surface area contributed by atoms with Crippen LogP contribution in [0.5, 0.6) is 0 Å². The van der Waals surface area contributed by atoms with Crippen molar-refractivity contribution in [2.45, 2.75) is 19.4 Å². The Balaban J connectivity index is 1.59. The highest BCUT2D eigenvalue weighted by atomic mass is 35.5. The summed E-state index contributed by atoms with van der Waals surface area (Å²) in [5.41, 5.74) is 1.59. The van der Waals surface area contributed by atoms with Crippen LogP contribution in [0.25, 0.3) is 0 Å². The van der Waals surface area contributed by atoms with E-state index in [1.54, 1.807) is 30.3 Å². The summed E-state index contributed by atoms with van der Waals surface area (Å²) in [6.07, 6.45) is 0.0419. The van der Waals surface area contributed by atoms with Gasteiger partial charge in [-0.15, -0.1) is 0 Å². The predicted octanol–water partition coefficient (Wildman–Crippen LogP) is 3.20. The van der Waals surface area contributed by atoms with Gasteiger partial charge in [-0.3, -0.25) is 19.3 Å². The summed E-state index contributed by atoms with van der Waals surface area (Å²) in [7, 11) is 0. The molecule has 25 heavy (non-hydrogen) atoms. The van der Waals surface area contributed by atoms with Gasteiger partial charge in [0.25, 0.3) is 11.8 Å². The molecule has 5 nitrogen and oxygen atoms in total. The highest BCUT2D eigenvalue weighted by Gasteiger charge is 2.35. The average Bonchev–Trinajstić information content (AvgIpc) is 2.85. The van der Waals surface area contributed by atoms with Gasteiger partial charge in [-0.1, -0.05) is 41.9 Å². The van der Waals surface area contributed by atoms with Gasteiger partial charge in [-0.25, -0.2) is 0 Å². The van der Waals surface area contributed by atoms with Crippen molar-refractivity contribution >= 4 is 29.3 Å². The van der Waals surface area contributed by atoms with E-state index in [9.17, 15) is 14.4 Å². The first-order valence-electron chi connectivity index (χ1n) is 7.98. The summed E-state index contributed by atoms with van der Waals surface area (Å²) in [6.45, 7) is 1.88. The van der Waals surface area contributed by atoms with E-state index < -0.39 is 0 Å². The predicted molar refractivity (Wildman–Crippen MR) is 94.4 cm³/mol. The third kappa shape index (κ3) is 3.42. The number of benzene rings is 2. The lowest BCUT2D eigenvalue weighted by molar-refractivity contribution is -0.121. The van der Waals surface area contributed by atoms with E-state index in [0.29, 0.717) is 16.1 Å². The Morgan fingerprint density at radius 2 is 1.60 bits per heavy atom. The average molecular weight is 357 g/mol. The van der Waals surface area contributed by atoms with Gasteiger partial charge in [0.15, 0.2) is 0 Å². The Kier molecular flexibility index (Phi) is 4.86. The fraction of sp³-hybridized carbons (Fsp3) is 0.211. The van der Waals surface area contributed by atoms with Crippen LogP contribution in [0.4, 0.5) is 0 Å². The molecule has 1 aliphatic heterocycles. The first-order chi connectivity index (χ1) is 12.0. The van der Waals surface area contributed by atoms with Crippen LogP contribution in [0.1, 0.15) is 45.7 Å². The summed E-state index contributed by atoms with van der Waals surface area (Å²) < 4.78 is 0. The molecule has 6 heteroatoms. The lowest BCUT2D eigenvalue weighted by Crippen LogP contribution is -2.35. The summed E-state index contributed by atoms with van der Waals surface area (Å²) in [5, 5.41) is 3.42. The molecule has 0 saturated carbocycles. The van der Waals surface area contributed by atoms with Crippen molar-refractivity contribution in [2.24, 2.45) is 0 Å². The number of amides is 3. The van der Waals surface area contributed by atoms with E-state index >= 15 is 0 Å². The highest BCUT2D eigenvalue weighted by Crippen LogP contribution is 2.23. The number of carbonyl (C=O) groups is 3. The van der Waals surface area contributed by atoms with E-state index in [4.69, 9.17) is 11.6 Å². The van der Waals surface area contributed by atoms with Crippen molar-refractivity contribution in [3.8, 4) is 0 Å². The van der Waals surface area contributed by atoms with Crippen molar-refractivity contribution in [3.63, 3.8) is 0 Å². The molecular formula is C19H17ClN2O3. The summed E-state index contributed by atoms with van der Waals surface area (Å²) in [5.74, 6) is -0.955. The van der Waals surface area contributed by atoms with Crippen molar-refractivity contribution in [1.29, 1.82) is 0 Å². The molecule has 2 aromatic rings. The first kappa shape index (κ1) is 17.2. The van der Waals surface area contributed by atoms with E-state index in [1.807, 2.05) is 25.1 Å². The lowest BCUT2D eigenvalue weighted by atomic mass is 10.1. The first-order valence-corrected chi connectivity index (χ1v) is 8.36. The third-order valence-electron chi connectivity index (χ3n) is 4.19. The standard InChI is InChI=1S/C19H17ClN2O3/c1-12(13-6-4-5-9-16(13)20)21-17(23)10-11-22-18(24)14-7-2-3-8-15(14)19(22)25/h2-9,12H,10-11H2,1H3,(H,21,23)/t12-/m1/s1. The molecule has 1 heterocycles. The summed E-state index contributed by atoms with van der Waals surface area (Å²) in [6, 6.07) is 13.7. The van der Waals surface area contributed by atoms with Gasteiger partial charge in [0.2, 0.25) is 5.91 Å². The number of imide groups is 1. The number of carbonyl (C=O) groups excluding carboxylic acids is 3. The molecule has 0 spiro atoms. The molecule has 3 rings (SSSR count). The van der Waals surface area contributed by atoms with Crippen LogP contribution in [0.2, 0.25) is 5.02 Å². The van der Waals surface area contributed by atoms with Gasteiger partial charge in [-0.05, 0) is 30.7 Å². The van der Waals surface area contributed by atoms with Crippen molar-refractivity contribution in [2.75, 3.05) is 6.54 Å². The molecule has 3 amide bonds. The normalized spacial score (nSPS) is 14.4. The maximum atomic E-state index is 12.3. The molecule has 0 unspecified atom stereocenters. The van der Waals surface area contributed by atoms with Crippen molar-refractivity contribution in [1.82, 2.24) is 10.2 Å². The number of hydrogen-bond donors (Lipinski definition) is 1. The molecule has 1 aliphatic rings. The highest BCUT2D eigenvalue weighted by molar-refractivity contribution is 6.31. The summed E-state index contributed by atoms with van der Waals surface area (Å²) in [4.78, 5) is 37.8. The smallest absolute Gasteiger partial charge is 0.261 e. The third-order valence-corrected chi connectivity index (χ3v) is 4.53. The number of fused-ring (bicyclic) bond motifs is 1. The Morgan fingerprint density at radius 1 is 1.04 bits per heavy atom. The molecule has 0 aromatic heterocycles. The zero-order valence-corrected chi connectivity index (χ0v) is 14.4. The maximum Gasteiger partial charge on any atom is 0.261 e. The van der Waals surface area contributed by atoms with Crippen LogP contribution in [0.15, 0.2) is 48.5 Å². The van der Waals surface area contributed by atoms with Crippen molar-refractivity contribution < 1.29 is 14.4 Å². The molecule has 0 fully saturated rings. The zero-order valence-electron chi connectivity index (χ0n) is 13.7. The van der Waals surface area contributed by atoms with Crippen molar-refractivity contribution in [3.05, 3.63) is 70.2 Å². The topological polar surface area (TPSA) is 66.5 Å². The van der Waals surface area contributed by atoms with Crippen LogP contribution < -0.4 is 5.32 Å². The maximum absolute atomic E-state index is 12.3. The van der Waals surface area contributed by atoms with Gasteiger partial charge >= 0.3 is 0 Å². The zero-order chi connectivity index (χ0) is 18.0. The van der Waals surface area contributed by atoms with E-state index in [1.165, 1.54) is 0 Å². The van der Waals surface area contributed by atoms with Crippen LogP contribution in [0.3, 0.4) is 0 Å². The van der Waals surface area contributed by atoms with Gasteiger partial charge in [0.05, 0.1) is 17.2 Å². The molecule has 128 valence electrons. The van der Waals surface area contributed by atoms with Gasteiger partial charge in [0.1, 0.15) is 0 Å². The molecule has 0 saturated heterocycles.